The number of nitrogens with two attached hydrogens (primary N) is 1. The van der Waals surface area contributed by atoms with Gasteiger partial charge in [0.25, 0.3) is 5.91 Å². The van der Waals surface area contributed by atoms with Crippen LogP contribution in [0.25, 0.3) is 10.9 Å². The standard InChI is InChI=1S/C9H8N2O.C3H8O/c10-9(12)8-5-6-3-1-2-4-7(6)11-8;1-3(2)4/h1-5,11H,(H2,10,12);3-4H,1-2H3. The quantitative estimate of drug-likeness (QED) is 0.683. The van der Waals surface area contributed by atoms with Gasteiger partial charge < -0.3 is 15.8 Å². The van der Waals surface area contributed by atoms with E-state index >= 15 is 0 Å². The maximum absolute atomic E-state index is 10.8. The van der Waals surface area contributed by atoms with Gasteiger partial charge >= 0.3 is 0 Å². The zero-order valence-corrected chi connectivity index (χ0v) is 9.40. The van der Waals surface area contributed by atoms with Crippen molar-refractivity contribution >= 4 is 16.8 Å². The van der Waals surface area contributed by atoms with E-state index in [9.17, 15) is 4.79 Å². The summed E-state index contributed by atoms with van der Waals surface area (Å²) in [6, 6.07) is 9.41. The van der Waals surface area contributed by atoms with E-state index in [0.29, 0.717) is 5.69 Å². The van der Waals surface area contributed by atoms with Crippen molar-refractivity contribution in [3.63, 3.8) is 0 Å². The molecule has 0 aliphatic rings. The van der Waals surface area contributed by atoms with Crippen LogP contribution < -0.4 is 5.73 Å². The van der Waals surface area contributed by atoms with Crippen LogP contribution in [0.5, 0.6) is 0 Å². The number of hydrogen-bond acceptors (Lipinski definition) is 2. The number of amides is 1. The van der Waals surface area contributed by atoms with E-state index in [1.54, 1.807) is 19.9 Å². The molecule has 16 heavy (non-hydrogen) atoms. The van der Waals surface area contributed by atoms with E-state index < -0.39 is 5.91 Å². The van der Waals surface area contributed by atoms with Gasteiger partial charge in [0.15, 0.2) is 0 Å². The third-order valence-electron chi connectivity index (χ3n) is 1.80. The van der Waals surface area contributed by atoms with Crippen molar-refractivity contribution < 1.29 is 9.90 Å². The number of aliphatic hydroxyl groups is 1. The molecule has 1 heterocycles. The number of nitrogens with one attached hydrogen (secondary N) is 1. The molecule has 2 aromatic rings. The van der Waals surface area contributed by atoms with E-state index in [1.807, 2.05) is 24.3 Å². The lowest BCUT2D eigenvalue weighted by Gasteiger charge is -1.85. The van der Waals surface area contributed by atoms with Crippen LogP contribution in [0.2, 0.25) is 0 Å². The van der Waals surface area contributed by atoms with Gasteiger partial charge in [0.2, 0.25) is 0 Å². The Labute approximate surface area is 94.1 Å². The number of primary amides is 1. The van der Waals surface area contributed by atoms with Crippen LogP contribution >= 0.6 is 0 Å². The van der Waals surface area contributed by atoms with Crippen LogP contribution in [0.3, 0.4) is 0 Å². The number of carbonyl (C=O) groups excluding carboxylic acids is 1. The van der Waals surface area contributed by atoms with Crippen LogP contribution in [0.1, 0.15) is 24.3 Å². The van der Waals surface area contributed by atoms with Gasteiger partial charge in [-0.3, -0.25) is 4.79 Å². The summed E-state index contributed by atoms with van der Waals surface area (Å²) < 4.78 is 0. The van der Waals surface area contributed by atoms with Crippen molar-refractivity contribution in [2.75, 3.05) is 0 Å². The molecule has 1 aromatic heterocycles. The molecule has 0 saturated heterocycles. The Bertz CT molecular complexity index is 439. The number of carbonyl (C=O) groups is 1. The molecule has 4 N–H and O–H groups in total. The average molecular weight is 220 g/mol. The van der Waals surface area contributed by atoms with Crippen LogP contribution in [-0.2, 0) is 0 Å². The first-order valence-corrected chi connectivity index (χ1v) is 5.06. The van der Waals surface area contributed by atoms with Crippen molar-refractivity contribution in [2.24, 2.45) is 5.73 Å². The smallest absolute Gasteiger partial charge is 0.265 e. The number of fused-ring (bicyclic) bond motifs is 1. The zero-order chi connectivity index (χ0) is 12.1. The van der Waals surface area contributed by atoms with Crippen molar-refractivity contribution in [2.45, 2.75) is 20.0 Å². The number of para-hydroxylation sites is 1. The number of aliphatic hydroxyl groups excluding tert-OH is 1. The second-order valence-corrected chi connectivity index (χ2v) is 3.73. The van der Waals surface area contributed by atoms with Gasteiger partial charge in [0, 0.05) is 17.0 Å². The maximum atomic E-state index is 10.8. The zero-order valence-electron chi connectivity index (χ0n) is 9.40. The van der Waals surface area contributed by atoms with Crippen LogP contribution in [0, 0.1) is 0 Å². The van der Waals surface area contributed by atoms with Gasteiger partial charge in [-0.15, -0.1) is 0 Å². The van der Waals surface area contributed by atoms with Gasteiger partial charge in [-0.1, -0.05) is 18.2 Å². The first-order chi connectivity index (χ1) is 7.50. The fourth-order valence-electron chi connectivity index (χ4n) is 1.21. The van der Waals surface area contributed by atoms with Crippen molar-refractivity contribution in [1.82, 2.24) is 4.98 Å². The molecule has 0 aliphatic heterocycles. The molecule has 4 heteroatoms. The minimum atomic E-state index is -0.425. The van der Waals surface area contributed by atoms with Gasteiger partial charge in [-0.2, -0.15) is 0 Å². The highest BCUT2D eigenvalue weighted by Gasteiger charge is 2.03. The van der Waals surface area contributed by atoms with Crippen LogP contribution in [0.4, 0.5) is 0 Å². The van der Waals surface area contributed by atoms with E-state index in [-0.39, 0.29) is 6.10 Å². The molecule has 0 unspecified atom stereocenters. The molecule has 1 aromatic carbocycles. The SMILES string of the molecule is CC(C)O.NC(=O)c1cc2ccccc2[nH]1. The van der Waals surface area contributed by atoms with Crippen molar-refractivity contribution in [1.29, 1.82) is 0 Å². The molecular weight excluding hydrogens is 204 g/mol. The average Bonchev–Trinajstić information content (AvgIpc) is 2.59. The normalized spacial score (nSPS) is 10.0. The van der Waals surface area contributed by atoms with Gasteiger partial charge in [0.05, 0.1) is 0 Å². The van der Waals surface area contributed by atoms with E-state index in [2.05, 4.69) is 4.98 Å². The minimum Gasteiger partial charge on any atom is -0.394 e. The Morgan fingerprint density at radius 3 is 2.44 bits per heavy atom. The van der Waals surface area contributed by atoms with Gasteiger partial charge in [-0.25, -0.2) is 0 Å². The Balaban J connectivity index is 0.000000280. The fraction of sp³-hybridized carbons (Fsp3) is 0.250. The highest BCUT2D eigenvalue weighted by molar-refractivity contribution is 5.96. The Kier molecular flexibility index (Phi) is 4.08. The maximum Gasteiger partial charge on any atom is 0.265 e. The van der Waals surface area contributed by atoms with Crippen molar-refractivity contribution in [3.8, 4) is 0 Å². The first-order valence-electron chi connectivity index (χ1n) is 5.06. The Morgan fingerprint density at radius 2 is 1.94 bits per heavy atom. The lowest BCUT2D eigenvalue weighted by Crippen LogP contribution is -2.10. The van der Waals surface area contributed by atoms with Crippen LogP contribution in [-0.4, -0.2) is 22.1 Å². The summed E-state index contributed by atoms with van der Waals surface area (Å²) in [5.41, 5.74) is 6.50. The minimum absolute atomic E-state index is 0.167. The molecule has 4 nitrogen and oxygen atoms in total. The molecule has 0 radical (unpaired) electrons. The van der Waals surface area contributed by atoms with Crippen molar-refractivity contribution in [3.05, 3.63) is 36.0 Å². The van der Waals surface area contributed by atoms with Gasteiger partial charge in [0.1, 0.15) is 5.69 Å². The second-order valence-electron chi connectivity index (χ2n) is 3.73. The Hall–Kier alpha value is -1.81. The lowest BCUT2D eigenvalue weighted by molar-refractivity contribution is 0.0996. The molecule has 0 spiro atoms. The summed E-state index contributed by atoms with van der Waals surface area (Å²) in [7, 11) is 0. The van der Waals surface area contributed by atoms with E-state index in [1.165, 1.54) is 0 Å². The summed E-state index contributed by atoms with van der Waals surface area (Å²) in [4.78, 5) is 13.7. The molecule has 1 amide bonds. The number of aromatic amines is 1. The lowest BCUT2D eigenvalue weighted by atomic mass is 10.2. The third kappa shape index (κ3) is 3.40. The molecular formula is C12H16N2O2. The predicted octanol–water partition coefficient (Wildman–Crippen LogP) is 1.65. The first kappa shape index (κ1) is 12.3. The number of benzene rings is 1. The summed E-state index contributed by atoms with van der Waals surface area (Å²) in [5.74, 6) is -0.425. The molecule has 0 saturated carbocycles. The topological polar surface area (TPSA) is 79.1 Å². The largest absolute Gasteiger partial charge is 0.394 e. The molecule has 86 valence electrons. The number of aromatic nitrogens is 1. The van der Waals surface area contributed by atoms with E-state index in [4.69, 9.17) is 10.8 Å². The van der Waals surface area contributed by atoms with Gasteiger partial charge in [-0.05, 0) is 26.0 Å². The van der Waals surface area contributed by atoms with Crippen LogP contribution in [0.15, 0.2) is 30.3 Å². The highest BCUT2D eigenvalue weighted by Crippen LogP contribution is 2.13. The van der Waals surface area contributed by atoms with E-state index in [0.717, 1.165) is 10.9 Å². The summed E-state index contributed by atoms with van der Waals surface area (Å²) in [5, 5.41) is 9.06. The molecule has 2 rings (SSSR count). The third-order valence-corrected chi connectivity index (χ3v) is 1.80. The molecule has 0 bridgehead atoms. The summed E-state index contributed by atoms with van der Waals surface area (Å²) in [6.45, 7) is 3.44. The number of hydrogen-bond donors (Lipinski definition) is 3. The second kappa shape index (κ2) is 5.32. The fourth-order valence-corrected chi connectivity index (χ4v) is 1.21. The number of rotatable bonds is 1. The summed E-state index contributed by atoms with van der Waals surface area (Å²) >= 11 is 0. The monoisotopic (exact) mass is 220 g/mol. The molecule has 0 aliphatic carbocycles. The summed E-state index contributed by atoms with van der Waals surface area (Å²) in [6.07, 6.45) is -0.167. The highest BCUT2D eigenvalue weighted by atomic mass is 16.3. The predicted molar refractivity (Wildman–Crippen MR) is 64.2 cm³/mol. The molecule has 0 atom stereocenters. The molecule has 0 fully saturated rings. The number of H-pyrrole nitrogens is 1. The Morgan fingerprint density at radius 1 is 1.38 bits per heavy atom.